The van der Waals surface area contributed by atoms with Crippen molar-refractivity contribution in [3.05, 3.63) is 75.8 Å². The predicted octanol–water partition coefficient (Wildman–Crippen LogP) is 0.469. The summed E-state index contributed by atoms with van der Waals surface area (Å²) in [5.74, 6) is -2.20. The van der Waals surface area contributed by atoms with E-state index in [0.29, 0.717) is 0 Å². The monoisotopic (exact) mass is 386 g/mol. The molecule has 10 nitrogen and oxygen atoms in total. The maximum atomic E-state index is 12.3. The van der Waals surface area contributed by atoms with Crippen LogP contribution in [0.2, 0.25) is 0 Å². The Bertz CT molecular complexity index is 854. The van der Waals surface area contributed by atoms with E-state index in [0.717, 1.165) is 17.7 Å². The van der Waals surface area contributed by atoms with Crippen LogP contribution < -0.4 is 16.5 Å². The number of carbonyl (C=O) groups is 3. The fourth-order valence-electron chi connectivity index (χ4n) is 2.26. The number of nitro groups is 1. The van der Waals surface area contributed by atoms with Crippen molar-refractivity contribution in [2.45, 2.75) is 12.5 Å². The van der Waals surface area contributed by atoms with Crippen LogP contribution in [0.5, 0.6) is 0 Å². The number of non-ortho nitro benzene ring substituents is 1. The Morgan fingerprint density at radius 2 is 1.71 bits per heavy atom. The average Bonchev–Trinajstić information content (AvgIpc) is 2.71. The van der Waals surface area contributed by atoms with Gasteiger partial charge in [0, 0.05) is 18.6 Å². The second-order valence-corrected chi connectivity index (χ2v) is 5.67. The standard InChI is InChI=1S/C18H18N4O6/c19-11-16(23)20-15(10-12-4-2-1-3-5-12)17(24)21-28-18(25)13-6-8-14(9-7-13)22(26)27/h1-9,15H,10-11,19H2,(H,20,23)(H,21,24)/t15-/m0/s1. The summed E-state index contributed by atoms with van der Waals surface area (Å²) in [5, 5.41) is 13.1. The Balaban J connectivity index is 2.00. The molecule has 2 amide bonds. The molecule has 0 heterocycles. The van der Waals surface area contributed by atoms with Crippen LogP contribution in [0.4, 0.5) is 5.69 Å². The number of rotatable bonds is 7. The lowest BCUT2D eigenvalue weighted by Gasteiger charge is -2.17. The van der Waals surface area contributed by atoms with Crippen LogP contribution in [-0.4, -0.2) is 35.3 Å². The van der Waals surface area contributed by atoms with Gasteiger partial charge in [0.15, 0.2) is 0 Å². The SMILES string of the molecule is NCC(=O)N[C@@H](Cc1ccccc1)C(=O)NOC(=O)c1ccc([N+](=O)[O-])cc1. The molecule has 28 heavy (non-hydrogen) atoms. The summed E-state index contributed by atoms with van der Waals surface area (Å²) < 4.78 is 0. The molecule has 0 aromatic heterocycles. The molecule has 0 fully saturated rings. The van der Waals surface area contributed by atoms with Crippen LogP contribution >= 0.6 is 0 Å². The van der Waals surface area contributed by atoms with Crippen LogP contribution in [-0.2, 0) is 20.8 Å². The van der Waals surface area contributed by atoms with Gasteiger partial charge in [0.05, 0.1) is 17.0 Å². The zero-order chi connectivity index (χ0) is 20.5. The third-order valence-corrected chi connectivity index (χ3v) is 3.68. The highest BCUT2D eigenvalue weighted by atomic mass is 16.7. The molecule has 0 aliphatic heterocycles. The van der Waals surface area contributed by atoms with E-state index in [9.17, 15) is 24.5 Å². The van der Waals surface area contributed by atoms with Crippen molar-refractivity contribution < 1.29 is 24.1 Å². The molecule has 0 unspecified atom stereocenters. The molecular formula is C18H18N4O6. The van der Waals surface area contributed by atoms with Gasteiger partial charge in [-0.3, -0.25) is 19.7 Å². The lowest BCUT2D eigenvalue weighted by atomic mass is 10.1. The molecule has 10 heteroatoms. The Labute approximate surface area is 159 Å². The second kappa shape index (κ2) is 9.78. The van der Waals surface area contributed by atoms with Crippen molar-refractivity contribution >= 4 is 23.5 Å². The average molecular weight is 386 g/mol. The van der Waals surface area contributed by atoms with Gasteiger partial charge in [-0.15, -0.1) is 0 Å². The molecule has 0 spiro atoms. The van der Waals surface area contributed by atoms with E-state index in [4.69, 9.17) is 10.6 Å². The molecule has 0 bridgehead atoms. The number of amides is 2. The van der Waals surface area contributed by atoms with Gasteiger partial charge in [-0.1, -0.05) is 30.3 Å². The molecule has 2 rings (SSSR count). The van der Waals surface area contributed by atoms with Gasteiger partial charge in [-0.05, 0) is 17.7 Å². The van der Waals surface area contributed by atoms with Gasteiger partial charge in [-0.25, -0.2) is 4.79 Å². The number of carbonyl (C=O) groups excluding carboxylic acids is 3. The number of nitrogens with zero attached hydrogens (tertiary/aromatic N) is 1. The summed E-state index contributed by atoms with van der Waals surface area (Å²) in [7, 11) is 0. The van der Waals surface area contributed by atoms with Crippen LogP contribution in [0.15, 0.2) is 54.6 Å². The zero-order valence-corrected chi connectivity index (χ0v) is 14.7. The molecule has 0 aliphatic carbocycles. The van der Waals surface area contributed by atoms with E-state index in [2.05, 4.69) is 5.32 Å². The fourth-order valence-corrected chi connectivity index (χ4v) is 2.26. The molecule has 0 aliphatic rings. The first kappa shape index (κ1) is 20.5. The van der Waals surface area contributed by atoms with Crippen molar-refractivity contribution in [1.82, 2.24) is 10.8 Å². The van der Waals surface area contributed by atoms with Gasteiger partial charge in [-0.2, -0.15) is 5.48 Å². The Morgan fingerprint density at radius 1 is 1.07 bits per heavy atom. The third-order valence-electron chi connectivity index (χ3n) is 3.68. The minimum atomic E-state index is -1.01. The fraction of sp³-hybridized carbons (Fsp3) is 0.167. The lowest BCUT2D eigenvalue weighted by molar-refractivity contribution is -0.384. The molecule has 4 N–H and O–H groups in total. The van der Waals surface area contributed by atoms with Crippen LogP contribution in [0, 0.1) is 10.1 Å². The van der Waals surface area contributed by atoms with Crippen molar-refractivity contribution in [3.63, 3.8) is 0 Å². The van der Waals surface area contributed by atoms with Crippen molar-refractivity contribution in [3.8, 4) is 0 Å². The summed E-state index contributed by atoms with van der Waals surface area (Å²) in [6.45, 7) is -0.304. The van der Waals surface area contributed by atoms with E-state index >= 15 is 0 Å². The topological polar surface area (TPSA) is 154 Å². The van der Waals surface area contributed by atoms with Crippen LogP contribution in [0.3, 0.4) is 0 Å². The third kappa shape index (κ3) is 5.88. The molecule has 2 aromatic rings. The van der Waals surface area contributed by atoms with E-state index in [1.54, 1.807) is 24.3 Å². The van der Waals surface area contributed by atoms with E-state index in [1.807, 2.05) is 11.5 Å². The second-order valence-electron chi connectivity index (χ2n) is 5.67. The number of nitrogens with two attached hydrogens (primary N) is 1. The Morgan fingerprint density at radius 3 is 2.29 bits per heavy atom. The van der Waals surface area contributed by atoms with Crippen molar-refractivity contribution in [1.29, 1.82) is 0 Å². The first-order valence-corrected chi connectivity index (χ1v) is 8.19. The first-order chi connectivity index (χ1) is 13.4. The summed E-state index contributed by atoms with van der Waals surface area (Å²) >= 11 is 0. The number of hydroxylamine groups is 1. The maximum absolute atomic E-state index is 12.3. The Kier molecular flexibility index (Phi) is 7.17. The smallest absolute Gasteiger partial charge is 0.343 e. The number of nitrogens with one attached hydrogen (secondary N) is 2. The quantitative estimate of drug-likeness (QED) is 0.461. The van der Waals surface area contributed by atoms with E-state index in [-0.39, 0.29) is 24.2 Å². The van der Waals surface area contributed by atoms with Crippen LogP contribution in [0.25, 0.3) is 0 Å². The highest BCUT2D eigenvalue weighted by molar-refractivity contribution is 5.92. The van der Waals surface area contributed by atoms with Gasteiger partial charge < -0.3 is 15.9 Å². The molecule has 0 radical (unpaired) electrons. The molecule has 0 saturated heterocycles. The number of hydrogen-bond donors (Lipinski definition) is 3. The van der Waals surface area contributed by atoms with Crippen molar-refractivity contribution in [2.24, 2.45) is 5.73 Å². The summed E-state index contributed by atoms with van der Waals surface area (Å²) in [6, 6.07) is 12.6. The summed E-state index contributed by atoms with van der Waals surface area (Å²) in [5.41, 5.74) is 7.86. The van der Waals surface area contributed by atoms with E-state index in [1.165, 1.54) is 12.1 Å². The summed E-state index contributed by atoms with van der Waals surface area (Å²) in [4.78, 5) is 50.7. The molecule has 146 valence electrons. The molecule has 0 saturated carbocycles. The normalized spacial score (nSPS) is 11.2. The number of hydrogen-bond acceptors (Lipinski definition) is 7. The van der Waals surface area contributed by atoms with Gasteiger partial charge >= 0.3 is 5.97 Å². The largest absolute Gasteiger partial charge is 0.362 e. The van der Waals surface area contributed by atoms with Gasteiger partial charge in [0.2, 0.25) is 5.91 Å². The Hall–Kier alpha value is -3.79. The van der Waals surface area contributed by atoms with E-state index < -0.39 is 28.7 Å². The van der Waals surface area contributed by atoms with Crippen molar-refractivity contribution in [2.75, 3.05) is 6.54 Å². The summed E-state index contributed by atoms with van der Waals surface area (Å²) in [6.07, 6.45) is 0.160. The predicted molar refractivity (Wildman–Crippen MR) is 97.8 cm³/mol. The highest BCUT2D eigenvalue weighted by Gasteiger charge is 2.22. The number of benzene rings is 2. The zero-order valence-electron chi connectivity index (χ0n) is 14.7. The minimum Gasteiger partial charge on any atom is -0.343 e. The van der Waals surface area contributed by atoms with Gasteiger partial charge in [0.1, 0.15) is 6.04 Å². The molecular weight excluding hydrogens is 368 g/mol. The number of nitro benzene ring substituents is 1. The molecule has 2 aromatic carbocycles. The highest BCUT2D eigenvalue weighted by Crippen LogP contribution is 2.12. The minimum absolute atomic E-state index is 0.0107. The maximum Gasteiger partial charge on any atom is 0.362 e. The van der Waals surface area contributed by atoms with Crippen LogP contribution in [0.1, 0.15) is 15.9 Å². The lowest BCUT2D eigenvalue weighted by Crippen LogP contribution is -2.50. The molecule has 1 atom stereocenters. The van der Waals surface area contributed by atoms with Gasteiger partial charge in [0.25, 0.3) is 11.6 Å². The first-order valence-electron chi connectivity index (χ1n) is 8.19.